The average molecular weight is 2350 g/mol. The van der Waals surface area contributed by atoms with Gasteiger partial charge in [0.15, 0.2) is 50.3 Å². The molecule has 0 spiro atoms. The Morgan fingerprint density at radius 3 is 0.571 bits per heavy atom. The zero-order valence-corrected chi connectivity index (χ0v) is 86.7. The molecule has 24 N–H and O–H groups in total. The van der Waals surface area contributed by atoms with Gasteiger partial charge in [-0.05, 0) is 6.42 Å². The SMILES string of the molecule is CCCCOC1OC(CSCCS(=O)(=O)O)C(OC2OC(CSCCS(=O)(=O)O)C(OC3OC(CSCCS(=O)(=O)O)C(OC4OC(CSCCS(=O)(=O)O)C(OC5OC(CSCCS(=O)(=O)O)C(OC6OC(CSCCS(=O)(=O)O)C(OC7OC(CSCCS(=O)(=O)O)C(OC8OC(CSCCS(=O)(=O)O)CC(O)C8O)C(O)C7O)C(O)C6O)C(O)C5O)C(O)C4O)C(O)C3O)C(O)C2O)C(O)C1O. The summed E-state index contributed by atoms with van der Waals surface area (Å²) in [6.07, 6.45) is -79.2. The Labute approximate surface area is 840 Å². The molecule has 8 fully saturated rings. The highest BCUT2D eigenvalue weighted by Crippen LogP contribution is 2.42. The molecule has 0 aliphatic carbocycles. The Morgan fingerprint density at radius 2 is 0.393 bits per heavy atom. The Hall–Kier alpha value is 0.800. The minimum Gasteiger partial charge on any atom is -0.390 e. The minimum atomic E-state index is -4.75. The van der Waals surface area contributed by atoms with E-state index in [1.807, 2.05) is 6.92 Å². The number of rotatable bonds is 58. The van der Waals surface area contributed by atoms with E-state index in [2.05, 4.69) is 0 Å². The van der Waals surface area contributed by atoms with Gasteiger partial charge in [-0.2, -0.15) is 161 Å². The molecule has 0 saturated carbocycles. The van der Waals surface area contributed by atoms with Gasteiger partial charge in [-0.1, -0.05) is 13.3 Å². The first-order chi connectivity index (χ1) is 65.0. The average Bonchev–Trinajstić information content (AvgIpc) is 0.765. The van der Waals surface area contributed by atoms with Crippen molar-refractivity contribution in [3.8, 4) is 0 Å². The number of hydrogen-bond donors (Lipinski definition) is 24. The molecule has 72 heteroatoms. The fraction of sp³-hybridized carbons (Fsp3) is 1.00. The Kier molecular flexibility index (Phi) is 51.1. The lowest BCUT2D eigenvalue weighted by Crippen LogP contribution is -2.68. The van der Waals surface area contributed by atoms with Crippen LogP contribution in [0, 0.1) is 0 Å². The lowest BCUT2D eigenvalue weighted by molar-refractivity contribution is -0.391. The maximum Gasteiger partial charge on any atom is 0.265 e. The lowest BCUT2D eigenvalue weighted by atomic mass is 9.95. The van der Waals surface area contributed by atoms with Crippen LogP contribution in [0.25, 0.3) is 0 Å². The fourth-order valence-electron chi connectivity index (χ4n) is 14.8. The molecule has 39 unspecified atom stereocenters. The van der Waals surface area contributed by atoms with Gasteiger partial charge >= 0.3 is 0 Å². The summed E-state index contributed by atoms with van der Waals surface area (Å²) in [4.78, 5) is 0. The van der Waals surface area contributed by atoms with E-state index in [0.717, 1.165) is 35.3 Å². The van der Waals surface area contributed by atoms with Crippen molar-refractivity contribution < 1.29 is 261 Å². The van der Waals surface area contributed by atoms with Crippen LogP contribution >= 0.6 is 94.1 Å². The van der Waals surface area contributed by atoms with E-state index in [0.29, 0.717) is 71.7 Å². The summed E-state index contributed by atoms with van der Waals surface area (Å²) in [7, 11) is -37.1. The van der Waals surface area contributed by atoms with Gasteiger partial charge in [0.2, 0.25) is 0 Å². The Morgan fingerprint density at radius 1 is 0.229 bits per heavy atom. The van der Waals surface area contributed by atoms with Gasteiger partial charge in [-0.25, -0.2) is 0 Å². The Balaban J connectivity index is 1.04. The summed E-state index contributed by atoms with van der Waals surface area (Å²) in [5.74, 6) is -13.8. The predicted molar refractivity (Wildman–Crippen MR) is 495 cm³/mol. The number of thioether (sulfide) groups is 8. The molecule has 0 aromatic heterocycles. The Bertz CT molecular complexity index is 4660. The molecule has 826 valence electrons. The van der Waals surface area contributed by atoms with Crippen molar-refractivity contribution >= 4 is 175 Å². The van der Waals surface area contributed by atoms with E-state index in [4.69, 9.17) is 75.8 Å². The van der Waals surface area contributed by atoms with Crippen LogP contribution in [0.1, 0.15) is 26.2 Å². The number of unbranched alkanes of at least 4 members (excludes halogenated alkanes) is 1. The third-order valence-electron chi connectivity index (χ3n) is 22.0. The van der Waals surface area contributed by atoms with Crippen LogP contribution in [0.5, 0.6) is 0 Å². The number of aliphatic hydroxyl groups excluding tert-OH is 16. The third kappa shape index (κ3) is 40.9. The van der Waals surface area contributed by atoms with Crippen molar-refractivity contribution in [3.63, 3.8) is 0 Å². The van der Waals surface area contributed by atoms with Crippen molar-refractivity contribution in [2.45, 2.75) is 266 Å². The topological polar surface area (TPSA) is 906 Å². The highest BCUT2D eigenvalue weighted by Gasteiger charge is 2.60. The van der Waals surface area contributed by atoms with E-state index in [1.54, 1.807) is 0 Å². The second-order valence-corrected chi connectivity index (χ2v) is 54.7. The van der Waals surface area contributed by atoms with Crippen LogP contribution in [0.3, 0.4) is 0 Å². The van der Waals surface area contributed by atoms with Crippen molar-refractivity contribution in [3.05, 3.63) is 0 Å². The van der Waals surface area contributed by atoms with Crippen LogP contribution < -0.4 is 0 Å². The molecule has 0 aromatic rings. The third-order valence-corrected chi connectivity index (χ3v) is 38.3. The number of ether oxygens (including phenoxy) is 16. The summed E-state index contributed by atoms with van der Waals surface area (Å²) < 4.78 is 362. The molecule has 0 radical (unpaired) electrons. The van der Waals surface area contributed by atoms with Crippen LogP contribution in [0.4, 0.5) is 0 Å². The van der Waals surface area contributed by atoms with Crippen molar-refractivity contribution in [2.75, 3.05) is 145 Å². The van der Waals surface area contributed by atoms with Gasteiger partial charge in [0.1, 0.15) is 134 Å². The quantitative estimate of drug-likeness (QED) is 0.0199. The van der Waals surface area contributed by atoms with Crippen LogP contribution in [0.15, 0.2) is 0 Å². The summed E-state index contributed by atoms with van der Waals surface area (Å²) in [6.45, 7) is 1.84. The molecule has 8 heterocycles. The fourth-order valence-corrected chi connectivity index (χ4v) is 30.6. The molecular formula is C68H122O56S16. The van der Waals surface area contributed by atoms with E-state index >= 15 is 0 Å². The summed E-state index contributed by atoms with van der Waals surface area (Å²) in [5, 5.41) is 190. The molecule has 0 aromatic carbocycles. The second-order valence-electron chi connectivity index (χ2n) is 32.9. The van der Waals surface area contributed by atoms with Crippen molar-refractivity contribution in [1.29, 1.82) is 0 Å². The maximum absolute atomic E-state index is 12.3. The highest BCUT2D eigenvalue weighted by atomic mass is 32.3. The van der Waals surface area contributed by atoms with Crippen LogP contribution in [-0.2, 0) is 157 Å². The molecule has 8 aliphatic heterocycles. The standard InChI is InChI=1S/C68H122O56S16/c1-2-3-4-109-61-47(78)40(71)54(32(111-61)23-126-6-14-134(88,89)90)119-63-49(80)42(73)56(34(113-63)25-128-8-16-136(94,95)96)121-65-51(82)44(75)58(36(115-65)27-130-10-18-138(100,101)102)123-67-53(84)46(77)60(38(117-67)29-132-12-20-140(106,107)108)124-68-52(83)45(76)59(37(116-68)28-131-11-19-139(103,104)105)122-66-50(81)43(74)57(35(114-66)26-129-9-17-137(97,98)99)120-64-48(79)41(72)55(33(112-64)24-127-7-15-135(91,92)93)118-62-39(70)31(69)21-30(110-62)22-125-5-13-133(85,86)87/h30-84H,2-29H2,1H3,(H,85,86,87)(H,88,89,90)(H,91,92,93)(H,94,95,96)(H,97,98,99)(H,100,101,102)(H,103,104,105)(H,106,107,108). The maximum atomic E-state index is 12.3. The van der Waals surface area contributed by atoms with Gasteiger partial charge in [-0.3, -0.25) is 36.4 Å². The molecule has 8 rings (SSSR count). The molecule has 8 saturated heterocycles. The summed E-state index contributed by atoms with van der Waals surface area (Å²) >= 11 is 5.85. The molecule has 0 amide bonds. The van der Waals surface area contributed by atoms with Gasteiger partial charge < -0.3 is 157 Å². The summed E-state index contributed by atoms with van der Waals surface area (Å²) in [6, 6.07) is 0. The number of hydrogen-bond acceptors (Lipinski definition) is 56. The van der Waals surface area contributed by atoms with E-state index in [9.17, 15) is 185 Å². The minimum absolute atomic E-state index is 0.0151. The van der Waals surface area contributed by atoms with E-state index in [-0.39, 0.29) is 41.8 Å². The van der Waals surface area contributed by atoms with Crippen molar-refractivity contribution in [2.24, 2.45) is 0 Å². The monoisotopic (exact) mass is 2350 g/mol. The van der Waals surface area contributed by atoms with Gasteiger partial charge in [0.05, 0.1) is 101 Å². The normalized spacial score (nSPS) is 38.8. The van der Waals surface area contributed by atoms with E-state index in [1.165, 1.54) is 0 Å². The van der Waals surface area contributed by atoms with Gasteiger partial charge in [0, 0.05) is 105 Å². The molecule has 56 nitrogen and oxygen atoms in total. The molecule has 0 bridgehead atoms. The first kappa shape index (κ1) is 126. The largest absolute Gasteiger partial charge is 0.390 e. The van der Waals surface area contributed by atoms with Crippen molar-refractivity contribution in [1.82, 2.24) is 0 Å². The molecule has 8 aliphatic rings. The highest BCUT2D eigenvalue weighted by molar-refractivity contribution is 8.02. The second kappa shape index (κ2) is 56.8. The lowest BCUT2D eigenvalue weighted by Gasteiger charge is -2.50. The van der Waals surface area contributed by atoms with Gasteiger partial charge in [-0.15, -0.1) is 0 Å². The predicted octanol–water partition coefficient (Wildman–Crippen LogP) is -10.6. The van der Waals surface area contributed by atoms with Crippen LogP contribution in [-0.4, -0.2) is 570 Å². The van der Waals surface area contributed by atoms with Gasteiger partial charge in [0.25, 0.3) is 80.9 Å². The first-order valence-electron chi connectivity index (χ1n) is 42.6. The summed E-state index contributed by atoms with van der Waals surface area (Å²) in [5.41, 5.74) is 0. The zero-order chi connectivity index (χ0) is 104. The van der Waals surface area contributed by atoms with Crippen LogP contribution in [0.2, 0.25) is 0 Å². The molecule has 140 heavy (non-hydrogen) atoms. The smallest absolute Gasteiger partial charge is 0.265 e. The molecule has 39 atom stereocenters. The number of aliphatic hydroxyl groups is 16. The van der Waals surface area contributed by atoms with E-state index < -0.39 is 430 Å². The zero-order valence-electron chi connectivity index (χ0n) is 73.6. The molecular weight excluding hydrogens is 2230 g/mol. The first-order valence-corrected chi connectivity index (χ1v) is 64.7.